The molecule has 2 N–H and O–H groups in total. The molecule has 1 atom stereocenters. The number of hydrogen-bond acceptors (Lipinski definition) is 4. The third kappa shape index (κ3) is 5.95. The number of esters is 1. The van der Waals surface area contributed by atoms with Gasteiger partial charge in [-0.25, -0.2) is 0 Å². The van der Waals surface area contributed by atoms with Crippen molar-refractivity contribution in [2.75, 3.05) is 13.7 Å². The van der Waals surface area contributed by atoms with Gasteiger partial charge in [0.25, 0.3) is 0 Å². The second-order valence-corrected chi connectivity index (χ2v) is 5.81. The van der Waals surface area contributed by atoms with E-state index in [1.54, 1.807) is 0 Å². The molecule has 0 aromatic heterocycles. The summed E-state index contributed by atoms with van der Waals surface area (Å²) in [7, 11) is 1.33. The molecule has 0 radical (unpaired) electrons. The van der Waals surface area contributed by atoms with E-state index >= 15 is 0 Å². The average Bonchev–Trinajstić information content (AvgIpc) is 2.44. The summed E-state index contributed by atoms with van der Waals surface area (Å²) in [5, 5.41) is 12.2. The van der Waals surface area contributed by atoms with Crippen LogP contribution in [0.3, 0.4) is 0 Å². The number of methoxy groups -OCH3 is 1. The first kappa shape index (κ1) is 17.2. The number of carbonyl (C=O) groups is 2. The van der Waals surface area contributed by atoms with Gasteiger partial charge in [0.1, 0.15) is 0 Å². The second kappa shape index (κ2) is 7.78. The first-order chi connectivity index (χ1) is 9.88. The summed E-state index contributed by atoms with van der Waals surface area (Å²) in [6, 6.07) is 8.84. The second-order valence-electron chi connectivity index (χ2n) is 5.81. The molecule has 1 amide bonds. The van der Waals surface area contributed by atoms with E-state index in [0.29, 0.717) is 0 Å². The number of benzene rings is 1. The van der Waals surface area contributed by atoms with Crippen LogP contribution < -0.4 is 5.32 Å². The zero-order valence-electron chi connectivity index (χ0n) is 12.8. The highest BCUT2D eigenvalue weighted by Crippen LogP contribution is 2.26. The van der Waals surface area contributed by atoms with Crippen molar-refractivity contribution in [1.82, 2.24) is 5.32 Å². The van der Waals surface area contributed by atoms with E-state index in [4.69, 9.17) is 0 Å². The molecule has 0 aliphatic rings. The molecular formula is C16H23NO4. The molecule has 116 valence electrons. The number of aliphatic hydroxyl groups is 1. The van der Waals surface area contributed by atoms with Crippen LogP contribution >= 0.6 is 0 Å². The summed E-state index contributed by atoms with van der Waals surface area (Å²) in [5.74, 6) is -0.540. The van der Waals surface area contributed by atoms with Crippen molar-refractivity contribution >= 4 is 11.9 Å². The van der Waals surface area contributed by atoms with Crippen molar-refractivity contribution < 1.29 is 19.4 Å². The minimum absolute atomic E-state index is 0.173. The van der Waals surface area contributed by atoms with Crippen LogP contribution in [0, 0.1) is 5.41 Å². The summed E-state index contributed by atoms with van der Waals surface area (Å²) < 4.78 is 4.63. The maximum absolute atomic E-state index is 12.1. The topological polar surface area (TPSA) is 75.6 Å². The summed E-state index contributed by atoms with van der Waals surface area (Å²) >= 11 is 0. The van der Waals surface area contributed by atoms with E-state index in [1.165, 1.54) is 7.11 Å². The summed E-state index contributed by atoms with van der Waals surface area (Å²) in [6.07, 6.45) is 0.359. The van der Waals surface area contributed by atoms with Gasteiger partial charge in [0.15, 0.2) is 0 Å². The van der Waals surface area contributed by atoms with Crippen molar-refractivity contribution in [2.24, 2.45) is 5.41 Å². The standard InChI is InChI=1S/C16H23NO4/c1-16(2,10-15(20)21-3)9-14(19)17-13(11-18)12-7-5-4-6-8-12/h4-8,13,18H,9-11H2,1-3H3,(H,17,19)/t13-/m1/s1. The lowest BCUT2D eigenvalue weighted by atomic mass is 9.85. The van der Waals surface area contributed by atoms with Gasteiger partial charge in [0.2, 0.25) is 5.91 Å². The lowest BCUT2D eigenvalue weighted by molar-refractivity contribution is -0.143. The number of carbonyl (C=O) groups excluding carboxylic acids is 2. The molecule has 21 heavy (non-hydrogen) atoms. The van der Waals surface area contributed by atoms with Crippen LogP contribution in [0.4, 0.5) is 0 Å². The average molecular weight is 293 g/mol. The van der Waals surface area contributed by atoms with Gasteiger partial charge in [-0.3, -0.25) is 9.59 Å². The third-order valence-electron chi connectivity index (χ3n) is 3.21. The highest BCUT2D eigenvalue weighted by Gasteiger charge is 2.27. The van der Waals surface area contributed by atoms with E-state index in [1.807, 2.05) is 44.2 Å². The van der Waals surface area contributed by atoms with Crippen LogP contribution in [0.1, 0.15) is 38.3 Å². The van der Waals surface area contributed by atoms with Gasteiger partial charge in [-0.2, -0.15) is 0 Å². The Hall–Kier alpha value is -1.88. The molecule has 1 aromatic rings. The van der Waals surface area contributed by atoms with Crippen LogP contribution in [0.25, 0.3) is 0 Å². The first-order valence-electron chi connectivity index (χ1n) is 6.90. The number of aliphatic hydroxyl groups excluding tert-OH is 1. The number of hydrogen-bond donors (Lipinski definition) is 2. The SMILES string of the molecule is COC(=O)CC(C)(C)CC(=O)N[C@H](CO)c1ccccc1. The lowest BCUT2D eigenvalue weighted by Crippen LogP contribution is -2.34. The fourth-order valence-corrected chi connectivity index (χ4v) is 2.13. The molecule has 0 aliphatic carbocycles. The Bertz CT molecular complexity index is 470. The Labute approximate surface area is 125 Å². The zero-order chi connectivity index (χ0) is 15.9. The minimum atomic E-state index is -0.492. The van der Waals surface area contributed by atoms with Gasteiger partial charge in [-0.1, -0.05) is 44.2 Å². The monoisotopic (exact) mass is 293 g/mol. The molecular weight excluding hydrogens is 270 g/mol. The molecule has 5 heteroatoms. The van der Waals surface area contributed by atoms with Crippen molar-refractivity contribution in [3.8, 4) is 0 Å². The van der Waals surface area contributed by atoms with E-state index in [9.17, 15) is 14.7 Å². The molecule has 0 aliphatic heterocycles. The van der Waals surface area contributed by atoms with Crippen LogP contribution in [0.2, 0.25) is 0 Å². The van der Waals surface area contributed by atoms with E-state index in [-0.39, 0.29) is 31.3 Å². The molecule has 1 aromatic carbocycles. The predicted molar refractivity (Wildman–Crippen MR) is 79.4 cm³/mol. The summed E-state index contributed by atoms with van der Waals surface area (Å²) in [5.41, 5.74) is 0.354. The summed E-state index contributed by atoms with van der Waals surface area (Å²) in [6.45, 7) is 3.49. The molecule has 5 nitrogen and oxygen atoms in total. The largest absolute Gasteiger partial charge is 0.469 e. The smallest absolute Gasteiger partial charge is 0.306 e. The first-order valence-corrected chi connectivity index (χ1v) is 6.90. The van der Waals surface area contributed by atoms with Crippen molar-refractivity contribution in [2.45, 2.75) is 32.7 Å². The van der Waals surface area contributed by atoms with E-state index in [2.05, 4.69) is 10.1 Å². The van der Waals surface area contributed by atoms with Gasteiger partial charge in [0.05, 0.1) is 26.2 Å². The van der Waals surface area contributed by atoms with Crippen LogP contribution in [-0.2, 0) is 14.3 Å². The van der Waals surface area contributed by atoms with Crippen molar-refractivity contribution in [3.63, 3.8) is 0 Å². The third-order valence-corrected chi connectivity index (χ3v) is 3.21. The predicted octanol–water partition coefficient (Wildman–Crippen LogP) is 1.82. The number of nitrogens with one attached hydrogen (secondary N) is 1. The highest BCUT2D eigenvalue weighted by molar-refractivity contribution is 5.78. The molecule has 0 spiro atoms. The van der Waals surface area contributed by atoms with Crippen molar-refractivity contribution in [1.29, 1.82) is 0 Å². The van der Waals surface area contributed by atoms with Gasteiger partial charge in [-0.05, 0) is 11.0 Å². The number of amides is 1. The molecule has 1 rings (SSSR count). The zero-order valence-corrected chi connectivity index (χ0v) is 12.8. The quantitative estimate of drug-likeness (QED) is 0.752. The van der Waals surface area contributed by atoms with Crippen LogP contribution in [0.15, 0.2) is 30.3 Å². The van der Waals surface area contributed by atoms with Crippen molar-refractivity contribution in [3.05, 3.63) is 35.9 Å². The van der Waals surface area contributed by atoms with Crippen LogP contribution in [0.5, 0.6) is 0 Å². The maximum atomic E-state index is 12.1. The van der Waals surface area contributed by atoms with E-state index < -0.39 is 11.5 Å². The van der Waals surface area contributed by atoms with Gasteiger partial charge in [-0.15, -0.1) is 0 Å². The molecule has 0 heterocycles. The van der Waals surface area contributed by atoms with Gasteiger partial charge < -0.3 is 15.2 Å². The Morgan fingerprint density at radius 1 is 1.24 bits per heavy atom. The molecule has 0 fully saturated rings. The summed E-state index contributed by atoms with van der Waals surface area (Å²) in [4.78, 5) is 23.4. The maximum Gasteiger partial charge on any atom is 0.306 e. The number of ether oxygens (including phenoxy) is 1. The molecule has 0 saturated heterocycles. The Morgan fingerprint density at radius 2 is 1.86 bits per heavy atom. The van der Waals surface area contributed by atoms with Crippen LogP contribution in [-0.4, -0.2) is 30.7 Å². The Balaban J connectivity index is 2.61. The molecule has 0 saturated carbocycles. The normalized spacial score (nSPS) is 12.6. The fraction of sp³-hybridized carbons (Fsp3) is 0.500. The van der Waals surface area contributed by atoms with E-state index in [0.717, 1.165) is 5.56 Å². The lowest BCUT2D eigenvalue weighted by Gasteiger charge is -2.24. The Kier molecular flexibility index (Phi) is 6.37. The molecule has 0 bridgehead atoms. The highest BCUT2D eigenvalue weighted by atomic mass is 16.5. The number of rotatable bonds is 7. The van der Waals surface area contributed by atoms with Gasteiger partial charge >= 0.3 is 5.97 Å². The minimum Gasteiger partial charge on any atom is -0.469 e. The molecule has 0 unspecified atom stereocenters. The Morgan fingerprint density at radius 3 is 2.38 bits per heavy atom. The fourth-order valence-electron chi connectivity index (χ4n) is 2.13. The van der Waals surface area contributed by atoms with Gasteiger partial charge in [0, 0.05) is 6.42 Å².